The first kappa shape index (κ1) is 61.6. The lowest BCUT2D eigenvalue weighted by Crippen LogP contribution is -2.38. The van der Waals surface area contributed by atoms with Crippen LogP contribution in [-0.4, -0.2) is 106 Å². The molecule has 2 aliphatic carbocycles. The number of aromatic carboxylic acids is 1. The molecule has 2 saturated carbocycles. The van der Waals surface area contributed by atoms with Gasteiger partial charge in [0.1, 0.15) is 46.0 Å². The van der Waals surface area contributed by atoms with Gasteiger partial charge in [-0.05, 0) is 176 Å². The standard InChI is InChI=1S/C34H39N5O4.C28H28N4O4.C6H13NO/c1-17-29(18(2)43-39-17)26-15-27-25(16-28(26)42-7)30-31(35-19(3)36-32(30)38-27)20-12-21(14-22(13-20)34(4,5)6)33(41)37-23-8-10-24(40)11-9-23;1-13-23(14(2)36-32-13)20-11-21-19(12-22(20)35-7)24-25(29-15(3)30-26(24)31-21)16-8-17(27(33)34)10-18(9-16)28(4,5)6;7-5-1-3-6(8)4-2-5/h12-16,23-24,40H,8-11H2,1-7H3,(H,37,41)(H,35,36,38);8-12H,1-7H3,(H,33,34)(H,29,30,31);5-6,8H,1-4,7H2. The molecule has 0 atom stereocenters. The summed E-state index contributed by atoms with van der Waals surface area (Å²) in [7, 11) is 3.29. The zero-order valence-corrected chi connectivity index (χ0v) is 52.3. The van der Waals surface area contributed by atoms with E-state index in [-0.39, 0.29) is 40.6 Å². The van der Waals surface area contributed by atoms with Crippen LogP contribution in [0, 0.1) is 41.5 Å². The number of aliphatic hydroxyl groups is 2. The van der Waals surface area contributed by atoms with E-state index in [1.54, 1.807) is 26.4 Å². The summed E-state index contributed by atoms with van der Waals surface area (Å²) in [5.74, 6) is 2.90. The SMILES string of the molecule is COc1cc2c(cc1-c1c(C)noc1C)[nH]c1nc(C)nc(-c3cc(C(=O)NC4CCC(O)CC4)cc(C(C)(C)C)c3)c12.COc1cc2c(cc1-c1c(C)noc1C)[nH]c1nc(C)nc(-c3cc(C(=O)O)cc(C(C)(C)C)c3)c12.NC1CCC(O)CC1. The summed E-state index contributed by atoms with van der Waals surface area (Å²) in [5.41, 5.74) is 19.1. The molecule has 6 heterocycles. The van der Waals surface area contributed by atoms with Gasteiger partial charge in [-0.3, -0.25) is 4.79 Å². The van der Waals surface area contributed by atoms with Crippen molar-refractivity contribution in [2.75, 3.05) is 14.2 Å². The van der Waals surface area contributed by atoms with Crippen LogP contribution in [0.1, 0.15) is 159 Å². The van der Waals surface area contributed by atoms with Crippen molar-refractivity contribution < 1.29 is 43.4 Å². The quantitative estimate of drug-likeness (QED) is 0.0707. The maximum atomic E-state index is 13.6. The molecule has 2 aliphatic rings. The molecule has 1 amide bonds. The minimum atomic E-state index is -0.978. The van der Waals surface area contributed by atoms with Gasteiger partial charge in [0, 0.05) is 61.7 Å². The van der Waals surface area contributed by atoms with Crippen molar-refractivity contribution in [3.8, 4) is 56.3 Å². The predicted octanol–water partition coefficient (Wildman–Crippen LogP) is 13.3. The monoisotopic (exact) mass is 1180 g/mol. The minimum absolute atomic E-state index is 0.0543. The number of rotatable bonds is 9. The number of aromatic amines is 2. The van der Waals surface area contributed by atoms with Gasteiger partial charge >= 0.3 is 5.97 Å². The van der Waals surface area contributed by atoms with Gasteiger partial charge < -0.3 is 54.9 Å². The first-order valence-electron chi connectivity index (χ1n) is 29.8. The number of aromatic nitrogens is 8. The number of nitrogens with two attached hydrogens (primary N) is 1. The number of carbonyl (C=O) groups excluding carboxylic acids is 1. The molecule has 6 aromatic heterocycles. The van der Waals surface area contributed by atoms with Crippen LogP contribution < -0.4 is 20.5 Å². The summed E-state index contributed by atoms with van der Waals surface area (Å²) >= 11 is 0. The van der Waals surface area contributed by atoms with E-state index in [1.807, 2.05) is 84.0 Å². The lowest BCUT2D eigenvalue weighted by Gasteiger charge is -2.27. The van der Waals surface area contributed by atoms with E-state index < -0.39 is 5.97 Å². The Morgan fingerprint density at radius 3 is 1.37 bits per heavy atom. The highest BCUT2D eigenvalue weighted by Gasteiger charge is 2.28. The lowest BCUT2D eigenvalue weighted by atomic mass is 9.84. The van der Waals surface area contributed by atoms with Crippen LogP contribution in [0.3, 0.4) is 0 Å². The molecule has 0 unspecified atom stereocenters. The molecule has 0 spiro atoms. The number of carboxylic acid groups (broad SMARTS) is 1. The van der Waals surface area contributed by atoms with Gasteiger partial charge in [0.15, 0.2) is 0 Å². The zero-order valence-electron chi connectivity index (χ0n) is 52.3. The van der Waals surface area contributed by atoms with Crippen molar-refractivity contribution in [1.29, 1.82) is 0 Å². The largest absolute Gasteiger partial charge is 0.496 e. The Morgan fingerprint density at radius 2 is 0.989 bits per heavy atom. The van der Waals surface area contributed by atoms with Crippen molar-refractivity contribution in [3.05, 3.63) is 117 Å². The summed E-state index contributed by atoms with van der Waals surface area (Å²) in [4.78, 5) is 51.6. The number of nitrogens with one attached hydrogen (secondary N) is 3. The summed E-state index contributed by atoms with van der Waals surface area (Å²) in [5, 5.41) is 43.6. The molecular weight excluding hydrogens is 1100 g/mol. The Morgan fingerprint density at radius 1 is 0.575 bits per heavy atom. The number of ether oxygens (including phenoxy) is 2. The lowest BCUT2D eigenvalue weighted by molar-refractivity contribution is 0.0696. The van der Waals surface area contributed by atoms with E-state index in [9.17, 15) is 19.8 Å². The zero-order chi connectivity index (χ0) is 62.6. The van der Waals surface area contributed by atoms with Gasteiger partial charge in [-0.25, -0.2) is 24.7 Å². The van der Waals surface area contributed by atoms with Gasteiger partial charge in [0.2, 0.25) is 0 Å². The Hall–Kier alpha value is -8.52. The normalized spacial score (nSPS) is 17.3. The summed E-state index contributed by atoms with van der Waals surface area (Å²) in [6.45, 7) is 23.9. The smallest absolute Gasteiger partial charge is 0.335 e. The maximum Gasteiger partial charge on any atom is 0.335 e. The number of carbonyl (C=O) groups is 2. The number of nitrogens with zero attached hydrogens (tertiary/aromatic N) is 6. The molecule has 2 fully saturated rings. The van der Waals surface area contributed by atoms with Crippen LogP contribution >= 0.6 is 0 Å². The molecule has 0 radical (unpaired) electrons. The maximum absolute atomic E-state index is 13.6. The molecular formula is C68H80N10O9. The Kier molecular flexibility index (Phi) is 17.2. The van der Waals surface area contributed by atoms with E-state index in [0.717, 1.165) is 138 Å². The number of aryl methyl sites for hydroxylation is 6. The van der Waals surface area contributed by atoms with Crippen LogP contribution in [0.4, 0.5) is 0 Å². The Bertz CT molecular complexity index is 4190. The first-order valence-corrected chi connectivity index (χ1v) is 29.8. The first-order chi connectivity index (χ1) is 41.2. The van der Waals surface area contributed by atoms with Crippen molar-refractivity contribution in [1.82, 2.24) is 45.5 Å². The van der Waals surface area contributed by atoms with E-state index in [4.69, 9.17) is 44.3 Å². The Balaban J connectivity index is 0.000000172. The second-order valence-corrected chi connectivity index (χ2v) is 25.5. The number of benzene rings is 4. The molecule has 12 rings (SSSR count). The number of hydrogen-bond donors (Lipinski definition) is 7. The highest BCUT2D eigenvalue weighted by Crippen LogP contribution is 2.44. The number of H-pyrrole nitrogens is 2. The van der Waals surface area contributed by atoms with E-state index >= 15 is 0 Å². The highest BCUT2D eigenvalue weighted by atomic mass is 16.5. The Labute approximate surface area is 505 Å². The fourth-order valence-electron chi connectivity index (χ4n) is 12.0. The molecule has 0 bridgehead atoms. The number of hydrogen-bond acceptors (Lipinski definition) is 15. The number of carboxylic acids is 1. The van der Waals surface area contributed by atoms with E-state index in [2.05, 4.69) is 78.2 Å². The van der Waals surface area contributed by atoms with Crippen molar-refractivity contribution in [2.45, 2.75) is 170 Å². The number of amides is 1. The van der Waals surface area contributed by atoms with Gasteiger partial charge in [0.25, 0.3) is 5.91 Å². The minimum Gasteiger partial charge on any atom is -0.496 e. The molecule has 0 saturated heterocycles. The van der Waals surface area contributed by atoms with Crippen LogP contribution in [0.2, 0.25) is 0 Å². The van der Waals surface area contributed by atoms with E-state index in [0.29, 0.717) is 70.3 Å². The van der Waals surface area contributed by atoms with Gasteiger partial charge in [0.05, 0.1) is 76.7 Å². The number of aliphatic hydroxyl groups excluding tert-OH is 2. The predicted molar refractivity (Wildman–Crippen MR) is 339 cm³/mol. The highest BCUT2D eigenvalue weighted by molar-refractivity contribution is 6.15. The third kappa shape index (κ3) is 12.8. The van der Waals surface area contributed by atoms with Gasteiger partial charge in [-0.1, -0.05) is 51.9 Å². The van der Waals surface area contributed by atoms with Crippen LogP contribution in [0.5, 0.6) is 11.5 Å². The average Bonchev–Trinajstić information content (AvgIpc) is 1.67. The number of fused-ring (bicyclic) bond motifs is 6. The number of methoxy groups -OCH3 is 2. The molecule has 19 nitrogen and oxygen atoms in total. The summed E-state index contributed by atoms with van der Waals surface area (Å²) in [6, 6.07) is 19.9. The van der Waals surface area contributed by atoms with Gasteiger partial charge in [-0.2, -0.15) is 0 Å². The second-order valence-electron chi connectivity index (χ2n) is 25.5. The van der Waals surface area contributed by atoms with E-state index in [1.165, 1.54) is 0 Å². The van der Waals surface area contributed by atoms with Crippen LogP contribution in [0.25, 0.3) is 88.6 Å². The molecule has 8 N–H and O–H groups in total. The molecule has 0 aliphatic heterocycles. The fraction of sp³-hybridized carbons (Fsp3) is 0.412. The van der Waals surface area contributed by atoms with Crippen LogP contribution in [-0.2, 0) is 10.8 Å². The summed E-state index contributed by atoms with van der Waals surface area (Å²) in [6.07, 6.45) is 6.44. The van der Waals surface area contributed by atoms with Crippen LogP contribution in [0.15, 0.2) is 69.7 Å². The molecule has 19 heteroatoms. The topological polar surface area (TPSA) is 287 Å². The average molecular weight is 1180 g/mol. The molecule has 10 aromatic rings. The van der Waals surface area contributed by atoms with Gasteiger partial charge in [-0.15, -0.1) is 0 Å². The van der Waals surface area contributed by atoms with Crippen molar-refractivity contribution in [3.63, 3.8) is 0 Å². The molecule has 456 valence electrons. The molecule has 4 aromatic carbocycles. The third-order valence-electron chi connectivity index (χ3n) is 16.8. The van der Waals surface area contributed by atoms with Crippen molar-refractivity contribution in [2.24, 2.45) is 5.73 Å². The van der Waals surface area contributed by atoms with Crippen molar-refractivity contribution >= 4 is 55.7 Å². The summed E-state index contributed by atoms with van der Waals surface area (Å²) < 4.78 is 22.5. The fourth-order valence-corrected chi connectivity index (χ4v) is 12.0. The third-order valence-corrected chi connectivity index (χ3v) is 16.8. The molecule has 87 heavy (non-hydrogen) atoms. The second kappa shape index (κ2) is 24.3.